The molecule has 5 heteroatoms. The molecule has 1 fully saturated rings. The summed E-state index contributed by atoms with van der Waals surface area (Å²) in [5.74, 6) is -0.141. The van der Waals surface area contributed by atoms with E-state index in [4.69, 9.17) is 4.74 Å². The maximum Gasteiger partial charge on any atom is 0.244 e. The van der Waals surface area contributed by atoms with Crippen LogP contribution in [-0.2, 0) is 15.1 Å². The van der Waals surface area contributed by atoms with Gasteiger partial charge in [-0.1, -0.05) is 30.3 Å². The molecular weight excluding hydrogens is 334 g/mol. The molecule has 0 radical (unpaired) electrons. The number of aliphatic hydroxyl groups is 1. The summed E-state index contributed by atoms with van der Waals surface area (Å²) < 4.78 is 5.43. The molecule has 2 aromatic rings. The fourth-order valence-corrected chi connectivity index (χ4v) is 3.84. The van der Waals surface area contributed by atoms with Crippen molar-refractivity contribution in [1.29, 1.82) is 0 Å². The van der Waals surface area contributed by atoms with Gasteiger partial charge in [0.1, 0.15) is 5.60 Å². The van der Waals surface area contributed by atoms with Crippen LogP contribution < -0.4 is 5.32 Å². The van der Waals surface area contributed by atoms with Crippen molar-refractivity contribution < 1.29 is 14.6 Å². The minimum absolute atomic E-state index is 0.0600. The molecular formula is C20H23NO3S. The number of ether oxygens (including phenoxy) is 1. The Hall–Kier alpha value is -1.95. The standard InChI is InChI=1S/C20H23NO3S/c22-19(7-6-16-10-13-25-14-16)21-15-20(23,17-4-2-1-3-5-17)18-8-11-24-12-9-18/h1-7,10,13-14,18,23H,8-9,11-12,15H2,(H,21,22)/b7-6+. The second-order valence-electron chi connectivity index (χ2n) is 6.28. The van der Waals surface area contributed by atoms with Gasteiger partial charge in [0.15, 0.2) is 0 Å². The Kier molecular flexibility index (Phi) is 6.02. The summed E-state index contributed by atoms with van der Waals surface area (Å²) in [6.07, 6.45) is 4.86. The topological polar surface area (TPSA) is 58.6 Å². The van der Waals surface area contributed by atoms with Crippen LogP contribution in [0.15, 0.2) is 53.2 Å². The largest absolute Gasteiger partial charge is 0.383 e. The van der Waals surface area contributed by atoms with Gasteiger partial charge in [0.2, 0.25) is 5.91 Å². The summed E-state index contributed by atoms with van der Waals surface area (Å²) in [7, 11) is 0. The molecule has 132 valence electrons. The molecule has 1 aromatic carbocycles. The van der Waals surface area contributed by atoms with Crippen molar-refractivity contribution in [3.63, 3.8) is 0 Å². The average Bonchev–Trinajstić information content (AvgIpc) is 3.19. The van der Waals surface area contributed by atoms with Crippen LogP contribution in [0.25, 0.3) is 6.08 Å². The van der Waals surface area contributed by atoms with Crippen LogP contribution in [0.5, 0.6) is 0 Å². The summed E-state index contributed by atoms with van der Waals surface area (Å²) in [6.45, 7) is 1.48. The number of carbonyl (C=O) groups is 1. The lowest BCUT2D eigenvalue weighted by molar-refractivity contribution is -0.119. The third kappa shape index (κ3) is 4.57. The van der Waals surface area contributed by atoms with Crippen LogP contribution in [0, 0.1) is 5.92 Å². The highest BCUT2D eigenvalue weighted by atomic mass is 32.1. The molecule has 0 saturated carbocycles. The average molecular weight is 357 g/mol. The monoisotopic (exact) mass is 357 g/mol. The maximum absolute atomic E-state index is 12.2. The fourth-order valence-electron chi connectivity index (χ4n) is 3.21. The van der Waals surface area contributed by atoms with Crippen molar-refractivity contribution in [2.45, 2.75) is 18.4 Å². The van der Waals surface area contributed by atoms with Crippen molar-refractivity contribution in [2.24, 2.45) is 5.92 Å². The number of amides is 1. The first-order valence-electron chi connectivity index (χ1n) is 8.52. The van der Waals surface area contributed by atoms with E-state index in [1.54, 1.807) is 17.4 Å². The number of nitrogens with one attached hydrogen (secondary N) is 1. The van der Waals surface area contributed by atoms with E-state index in [0.717, 1.165) is 24.0 Å². The highest BCUT2D eigenvalue weighted by molar-refractivity contribution is 7.08. The van der Waals surface area contributed by atoms with Crippen LogP contribution in [0.4, 0.5) is 0 Å². The molecule has 1 unspecified atom stereocenters. The van der Waals surface area contributed by atoms with Crippen LogP contribution in [-0.4, -0.2) is 30.8 Å². The molecule has 1 aromatic heterocycles. The molecule has 2 heterocycles. The van der Waals surface area contributed by atoms with Gasteiger partial charge in [0, 0.05) is 19.3 Å². The summed E-state index contributed by atoms with van der Waals surface area (Å²) in [5.41, 5.74) is 0.753. The summed E-state index contributed by atoms with van der Waals surface area (Å²) in [4.78, 5) is 12.2. The zero-order chi connectivity index (χ0) is 17.5. The summed E-state index contributed by atoms with van der Waals surface area (Å²) in [5, 5.41) is 18.2. The SMILES string of the molecule is O=C(/C=C/c1ccsc1)NCC(O)(c1ccccc1)C1CCOCC1. The number of thiophene rings is 1. The zero-order valence-electron chi connectivity index (χ0n) is 14.1. The fraction of sp³-hybridized carbons (Fsp3) is 0.350. The number of hydrogen-bond donors (Lipinski definition) is 2. The van der Waals surface area contributed by atoms with Gasteiger partial charge in [-0.2, -0.15) is 11.3 Å². The van der Waals surface area contributed by atoms with Gasteiger partial charge in [0.25, 0.3) is 0 Å². The van der Waals surface area contributed by atoms with Gasteiger partial charge < -0.3 is 15.2 Å². The number of benzene rings is 1. The van der Waals surface area contributed by atoms with E-state index in [0.29, 0.717) is 13.2 Å². The van der Waals surface area contributed by atoms with Crippen molar-refractivity contribution >= 4 is 23.3 Å². The van der Waals surface area contributed by atoms with Crippen molar-refractivity contribution in [3.8, 4) is 0 Å². The molecule has 1 aliphatic rings. The predicted molar refractivity (Wildman–Crippen MR) is 100 cm³/mol. The minimum atomic E-state index is -1.09. The normalized spacial score (nSPS) is 18.1. The maximum atomic E-state index is 12.2. The molecule has 25 heavy (non-hydrogen) atoms. The summed E-state index contributed by atoms with van der Waals surface area (Å²) >= 11 is 1.59. The van der Waals surface area contributed by atoms with E-state index in [9.17, 15) is 9.90 Å². The molecule has 3 rings (SSSR count). The van der Waals surface area contributed by atoms with E-state index < -0.39 is 5.60 Å². The van der Waals surface area contributed by atoms with E-state index in [1.165, 1.54) is 6.08 Å². The highest BCUT2D eigenvalue weighted by Gasteiger charge is 2.39. The molecule has 1 saturated heterocycles. The van der Waals surface area contributed by atoms with Gasteiger partial charge in [0.05, 0.1) is 6.54 Å². The van der Waals surface area contributed by atoms with E-state index in [-0.39, 0.29) is 18.4 Å². The molecule has 0 bridgehead atoms. The highest BCUT2D eigenvalue weighted by Crippen LogP contribution is 2.35. The quantitative estimate of drug-likeness (QED) is 0.781. The first kappa shape index (κ1) is 17.9. The lowest BCUT2D eigenvalue weighted by Gasteiger charge is -2.39. The van der Waals surface area contributed by atoms with Crippen LogP contribution in [0.1, 0.15) is 24.0 Å². The molecule has 1 atom stereocenters. The number of carbonyl (C=O) groups excluding carboxylic acids is 1. The van der Waals surface area contributed by atoms with Gasteiger partial charge in [-0.25, -0.2) is 0 Å². The second-order valence-corrected chi connectivity index (χ2v) is 7.06. The Morgan fingerprint density at radius 2 is 2.04 bits per heavy atom. The van der Waals surface area contributed by atoms with E-state index in [2.05, 4.69) is 5.32 Å². The Morgan fingerprint density at radius 3 is 2.72 bits per heavy atom. The Labute approximate surface area is 152 Å². The Bertz CT molecular complexity index is 693. The van der Waals surface area contributed by atoms with Gasteiger partial charge in [-0.05, 0) is 52.8 Å². The van der Waals surface area contributed by atoms with E-state index >= 15 is 0 Å². The zero-order valence-corrected chi connectivity index (χ0v) is 14.9. The van der Waals surface area contributed by atoms with Gasteiger partial charge >= 0.3 is 0 Å². The first-order valence-corrected chi connectivity index (χ1v) is 9.46. The molecule has 1 amide bonds. The lowest BCUT2D eigenvalue weighted by Crippen LogP contribution is -2.47. The van der Waals surface area contributed by atoms with Gasteiger partial charge in [-0.15, -0.1) is 0 Å². The third-order valence-corrected chi connectivity index (χ3v) is 5.37. The molecule has 0 spiro atoms. The first-order chi connectivity index (χ1) is 12.2. The summed E-state index contributed by atoms with van der Waals surface area (Å²) in [6, 6.07) is 11.5. The van der Waals surface area contributed by atoms with E-state index in [1.807, 2.05) is 47.2 Å². The smallest absolute Gasteiger partial charge is 0.244 e. The van der Waals surface area contributed by atoms with Crippen LogP contribution in [0.2, 0.25) is 0 Å². The Morgan fingerprint density at radius 1 is 1.28 bits per heavy atom. The molecule has 0 aliphatic carbocycles. The van der Waals surface area contributed by atoms with Gasteiger partial charge in [-0.3, -0.25) is 4.79 Å². The van der Waals surface area contributed by atoms with Crippen molar-refractivity contribution in [3.05, 3.63) is 64.4 Å². The molecule has 4 nitrogen and oxygen atoms in total. The van der Waals surface area contributed by atoms with Crippen molar-refractivity contribution in [2.75, 3.05) is 19.8 Å². The van der Waals surface area contributed by atoms with Crippen molar-refractivity contribution in [1.82, 2.24) is 5.32 Å². The van der Waals surface area contributed by atoms with Crippen LogP contribution >= 0.6 is 11.3 Å². The number of rotatable bonds is 6. The predicted octanol–water partition coefficient (Wildman–Crippen LogP) is 3.19. The molecule has 2 N–H and O–H groups in total. The molecule has 1 aliphatic heterocycles. The second kappa shape index (κ2) is 8.43. The van der Waals surface area contributed by atoms with Crippen LogP contribution in [0.3, 0.4) is 0 Å². The lowest BCUT2D eigenvalue weighted by atomic mass is 9.77. The number of hydrogen-bond acceptors (Lipinski definition) is 4. The minimum Gasteiger partial charge on any atom is -0.383 e. The Balaban J connectivity index is 1.70. The third-order valence-electron chi connectivity index (χ3n) is 4.67.